The van der Waals surface area contributed by atoms with Crippen LogP contribution in [0, 0.1) is 0 Å². The van der Waals surface area contributed by atoms with Crippen LogP contribution in [0.2, 0.25) is 0 Å². The average molecular weight is 265 g/mol. The van der Waals surface area contributed by atoms with E-state index in [1.807, 2.05) is 18.2 Å². The number of hydrogen-bond acceptors (Lipinski definition) is 4. The molecule has 2 rings (SSSR count). The highest BCUT2D eigenvalue weighted by Gasteiger charge is 2.18. The third-order valence-corrected chi connectivity index (χ3v) is 3.40. The number of nitrogens with one attached hydrogen (secondary N) is 1. The predicted octanol–water partition coefficient (Wildman–Crippen LogP) is 2.15. The van der Waals surface area contributed by atoms with Gasteiger partial charge in [0.25, 0.3) is 0 Å². The highest BCUT2D eigenvalue weighted by Crippen LogP contribution is 2.26. The van der Waals surface area contributed by atoms with E-state index in [1.54, 1.807) is 7.11 Å². The molecular weight excluding hydrogens is 242 g/mol. The number of rotatable bonds is 6. The molecule has 106 valence electrons. The molecule has 0 aromatic heterocycles. The third kappa shape index (κ3) is 3.93. The maximum Gasteiger partial charge on any atom is 0.123 e. The summed E-state index contributed by atoms with van der Waals surface area (Å²) in [6.07, 6.45) is 1.16. The van der Waals surface area contributed by atoms with Gasteiger partial charge in [0, 0.05) is 18.2 Å². The second-order valence-corrected chi connectivity index (χ2v) is 4.68. The topological polar surface area (TPSA) is 39.7 Å². The van der Waals surface area contributed by atoms with Crippen molar-refractivity contribution in [3.63, 3.8) is 0 Å². The molecule has 1 fully saturated rings. The van der Waals surface area contributed by atoms with E-state index in [4.69, 9.17) is 14.2 Å². The fourth-order valence-corrected chi connectivity index (χ4v) is 2.36. The molecule has 4 nitrogen and oxygen atoms in total. The number of benzene rings is 1. The van der Waals surface area contributed by atoms with Crippen LogP contribution in [0.1, 0.15) is 24.9 Å². The fraction of sp³-hybridized carbons (Fsp3) is 0.600. The summed E-state index contributed by atoms with van der Waals surface area (Å²) in [6, 6.07) is 8.43. The van der Waals surface area contributed by atoms with Gasteiger partial charge in [-0.1, -0.05) is 25.1 Å². The first-order valence-corrected chi connectivity index (χ1v) is 6.90. The largest absolute Gasteiger partial charge is 0.496 e. The van der Waals surface area contributed by atoms with Crippen molar-refractivity contribution in [2.45, 2.75) is 25.5 Å². The maximum atomic E-state index is 5.65. The third-order valence-electron chi connectivity index (χ3n) is 3.40. The normalized spacial score (nSPS) is 21.1. The zero-order valence-corrected chi connectivity index (χ0v) is 11.7. The molecule has 0 amide bonds. The Kier molecular flexibility index (Phi) is 5.63. The number of hydrogen-bond donors (Lipinski definition) is 1. The van der Waals surface area contributed by atoms with E-state index in [9.17, 15) is 0 Å². The van der Waals surface area contributed by atoms with Crippen LogP contribution in [0.25, 0.3) is 0 Å². The fourth-order valence-electron chi connectivity index (χ4n) is 2.36. The van der Waals surface area contributed by atoms with Crippen LogP contribution in [0.4, 0.5) is 0 Å². The van der Waals surface area contributed by atoms with E-state index in [0.717, 1.165) is 18.7 Å². The minimum Gasteiger partial charge on any atom is -0.496 e. The van der Waals surface area contributed by atoms with Crippen molar-refractivity contribution >= 4 is 0 Å². The lowest BCUT2D eigenvalue weighted by molar-refractivity contribution is -0.0871. The zero-order valence-electron chi connectivity index (χ0n) is 11.7. The zero-order chi connectivity index (χ0) is 13.5. The average Bonchev–Trinajstić information content (AvgIpc) is 2.49. The van der Waals surface area contributed by atoms with Gasteiger partial charge in [-0.05, 0) is 12.5 Å². The molecule has 0 saturated carbocycles. The summed E-state index contributed by atoms with van der Waals surface area (Å²) in [5.74, 6) is 0.933. The smallest absolute Gasteiger partial charge is 0.123 e. The van der Waals surface area contributed by atoms with E-state index >= 15 is 0 Å². The summed E-state index contributed by atoms with van der Waals surface area (Å²) in [6.45, 7) is 5.05. The summed E-state index contributed by atoms with van der Waals surface area (Å²) in [5.41, 5.74) is 1.20. The SMILES string of the molecule is CCC(NCC1COCCO1)c1ccccc1OC. The molecule has 0 spiro atoms. The van der Waals surface area contributed by atoms with Gasteiger partial charge in [-0.2, -0.15) is 0 Å². The second kappa shape index (κ2) is 7.48. The van der Waals surface area contributed by atoms with Crippen LogP contribution in [0.15, 0.2) is 24.3 Å². The first-order valence-electron chi connectivity index (χ1n) is 6.90. The van der Waals surface area contributed by atoms with Crippen LogP contribution < -0.4 is 10.1 Å². The lowest BCUT2D eigenvalue weighted by atomic mass is 10.0. The standard InChI is InChI=1S/C15H23NO3/c1-3-14(13-6-4-5-7-15(13)17-2)16-10-12-11-18-8-9-19-12/h4-7,12,14,16H,3,8-11H2,1-2H3. The summed E-state index contributed by atoms with van der Waals surface area (Å²) < 4.78 is 16.5. The van der Waals surface area contributed by atoms with E-state index in [0.29, 0.717) is 19.8 Å². The molecule has 0 radical (unpaired) electrons. The van der Waals surface area contributed by atoms with Crippen molar-refractivity contribution in [3.8, 4) is 5.75 Å². The van der Waals surface area contributed by atoms with Gasteiger partial charge in [-0.3, -0.25) is 0 Å². The minimum atomic E-state index is 0.150. The van der Waals surface area contributed by atoms with Crippen LogP contribution in [0.3, 0.4) is 0 Å². The molecule has 1 aromatic carbocycles. The Balaban J connectivity index is 1.95. The van der Waals surface area contributed by atoms with Crippen molar-refractivity contribution in [3.05, 3.63) is 29.8 Å². The Hall–Kier alpha value is -1.10. The Labute approximate surface area is 115 Å². The molecule has 1 aliphatic rings. The molecule has 1 heterocycles. The molecule has 1 aromatic rings. The lowest BCUT2D eigenvalue weighted by Gasteiger charge is -2.26. The highest BCUT2D eigenvalue weighted by atomic mass is 16.6. The summed E-state index contributed by atoms with van der Waals surface area (Å²) >= 11 is 0. The molecule has 4 heteroatoms. The molecule has 1 N–H and O–H groups in total. The molecular formula is C15H23NO3. The summed E-state index contributed by atoms with van der Waals surface area (Å²) in [5, 5.41) is 3.55. The van der Waals surface area contributed by atoms with E-state index in [1.165, 1.54) is 5.56 Å². The highest BCUT2D eigenvalue weighted by molar-refractivity contribution is 5.35. The second-order valence-electron chi connectivity index (χ2n) is 4.68. The van der Waals surface area contributed by atoms with E-state index in [-0.39, 0.29) is 12.1 Å². The van der Waals surface area contributed by atoms with Gasteiger partial charge >= 0.3 is 0 Å². The van der Waals surface area contributed by atoms with Gasteiger partial charge in [0.1, 0.15) is 5.75 Å². The van der Waals surface area contributed by atoms with Gasteiger partial charge in [-0.25, -0.2) is 0 Å². The molecule has 1 aliphatic heterocycles. The van der Waals surface area contributed by atoms with Crippen LogP contribution >= 0.6 is 0 Å². The van der Waals surface area contributed by atoms with Gasteiger partial charge in [0.15, 0.2) is 0 Å². The van der Waals surface area contributed by atoms with Crippen molar-refractivity contribution in [2.75, 3.05) is 33.5 Å². The summed E-state index contributed by atoms with van der Waals surface area (Å²) in [7, 11) is 1.71. The summed E-state index contributed by atoms with van der Waals surface area (Å²) in [4.78, 5) is 0. The molecule has 1 saturated heterocycles. The van der Waals surface area contributed by atoms with Gasteiger partial charge in [0.2, 0.25) is 0 Å². The molecule has 2 atom stereocenters. The van der Waals surface area contributed by atoms with Crippen LogP contribution in [0.5, 0.6) is 5.75 Å². The van der Waals surface area contributed by atoms with E-state index < -0.39 is 0 Å². The van der Waals surface area contributed by atoms with Crippen molar-refractivity contribution in [1.29, 1.82) is 0 Å². The first-order chi connectivity index (χ1) is 9.35. The number of ether oxygens (including phenoxy) is 3. The molecule has 19 heavy (non-hydrogen) atoms. The Bertz CT molecular complexity index is 377. The molecule has 0 bridgehead atoms. The quantitative estimate of drug-likeness (QED) is 0.855. The van der Waals surface area contributed by atoms with Gasteiger partial charge in [-0.15, -0.1) is 0 Å². The monoisotopic (exact) mass is 265 g/mol. The number of para-hydroxylation sites is 1. The van der Waals surface area contributed by atoms with Crippen molar-refractivity contribution in [1.82, 2.24) is 5.32 Å². The van der Waals surface area contributed by atoms with E-state index in [2.05, 4.69) is 18.3 Å². The Morgan fingerprint density at radius 1 is 1.37 bits per heavy atom. The van der Waals surface area contributed by atoms with Crippen LogP contribution in [-0.4, -0.2) is 39.6 Å². The number of methoxy groups -OCH3 is 1. The lowest BCUT2D eigenvalue weighted by Crippen LogP contribution is -2.38. The molecule has 2 unspecified atom stereocenters. The predicted molar refractivity (Wildman–Crippen MR) is 74.6 cm³/mol. The van der Waals surface area contributed by atoms with Crippen molar-refractivity contribution in [2.24, 2.45) is 0 Å². The van der Waals surface area contributed by atoms with Crippen LogP contribution in [-0.2, 0) is 9.47 Å². The van der Waals surface area contributed by atoms with Crippen molar-refractivity contribution < 1.29 is 14.2 Å². The Morgan fingerprint density at radius 3 is 2.89 bits per heavy atom. The Morgan fingerprint density at radius 2 is 2.21 bits per heavy atom. The maximum absolute atomic E-state index is 5.65. The van der Waals surface area contributed by atoms with Gasteiger partial charge < -0.3 is 19.5 Å². The molecule has 0 aliphatic carbocycles. The van der Waals surface area contributed by atoms with Gasteiger partial charge in [0.05, 0.1) is 33.0 Å². The minimum absolute atomic E-state index is 0.150. The first kappa shape index (κ1) is 14.3.